The van der Waals surface area contributed by atoms with Gasteiger partial charge in [-0.05, 0) is 43.9 Å². The molecule has 2 fully saturated rings. The molecule has 2 bridgehead atoms. The number of carbonyl (C=O) groups excluding carboxylic acids is 1. The molecule has 3 heterocycles. The van der Waals surface area contributed by atoms with Gasteiger partial charge in [0.25, 0.3) is 0 Å². The Hall–Kier alpha value is -1.62. The van der Waals surface area contributed by atoms with E-state index in [1.54, 1.807) is 12.4 Å². The minimum absolute atomic E-state index is 0.0225. The quantitative estimate of drug-likeness (QED) is 0.800. The highest BCUT2D eigenvalue weighted by Gasteiger charge is 2.42. The van der Waals surface area contributed by atoms with E-state index in [4.69, 9.17) is 0 Å². The number of aromatic nitrogens is 2. The van der Waals surface area contributed by atoms with Gasteiger partial charge in [0.1, 0.15) is 0 Å². The minimum atomic E-state index is -0.709. The predicted octanol–water partition coefficient (Wildman–Crippen LogP) is 2.50. The monoisotopic (exact) mass is 300 g/mol. The number of rotatable bonds is 2. The van der Waals surface area contributed by atoms with Gasteiger partial charge in [0.05, 0.1) is 11.0 Å². The average molecular weight is 300 g/mol. The molecule has 108 valence electrons. The summed E-state index contributed by atoms with van der Waals surface area (Å²) in [6.45, 7) is 0. The fourth-order valence-corrected chi connectivity index (χ4v) is 5.72. The number of benzene rings is 1. The van der Waals surface area contributed by atoms with E-state index in [1.807, 2.05) is 18.2 Å². The molecule has 1 aromatic carbocycles. The first-order valence-corrected chi connectivity index (χ1v) is 8.64. The third-order valence-corrected chi connectivity index (χ3v) is 6.86. The van der Waals surface area contributed by atoms with E-state index in [-0.39, 0.29) is 22.2 Å². The molecule has 2 aromatic rings. The molecule has 21 heavy (non-hydrogen) atoms. The van der Waals surface area contributed by atoms with Gasteiger partial charge >= 0.3 is 0 Å². The Labute approximate surface area is 125 Å². The molecule has 2 aliphatic heterocycles. The van der Waals surface area contributed by atoms with Crippen LogP contribution in [0.3, 0.4) is 0 Å². The molecule has 0 amide bonds. The lowest BCUT2D eigenvalue weighted by atomic mass is 9.90. The van der Waals surface area contributed by atoms with E-state index < -0.39 is 10.8 Å². The lowest BCUT2D eigenvalue weighted by molar-refractivity contribution is 0.0906. The Balaban J connectivity index is 1.63. The van der Waals surface area contributed by atoms with Crippen LogP contribution in [0.4, 0.5) is 0 Å². The van der Waals surface area contributed by atoms with Crippen LogP contribution in [0, 0.1) is 5.92 Å². The smallest absolute Gasteiger partial charge is 0.166 e. The van der Waals surface area contributed by atoms with Crippen LogP contribution in [0.15, 0.2) is 30.6 Å². The summed E-state index contributed by atoms with van der Waals surface area (Å²) in [5.41, 5.74) is 2.27. The number of nitrogens with zero attached hydrogens (tertiary/aromatic N) is 2. The molecule has 5 heteroatoms. The van der Waals surface area contributed by atoms with Gasteiger partial charge in [0.2, 0.25) is 0 Å². The second-order valence-electron chi connectivity index (χ2n) is 5.94. The molecule has 0 radical (unpaired) electrons. The van der Waals surface area contributed by atoms with Crippen LogP contribution in [0.2, 0.25) is 0 Å². The maximum absolute atomic E-state index is 12.7. The van der Waals surface area contributed by atoms with Crippen molar-refractivity contribution in [1.82, 2.24) is 9.97 Å². The first-order chi connectivity index (χ1) is 10.2. The van der Waals surface area contributed by atoms with Crippen LogP contribution >= 0.6 is 0 Å². The maximum Gasteiger partial charge on any atom is 0.166 e. The van der Waals surface area contributed by atoms with Crippen molar-refractivity contribution in [3.05, 3.63) is 36.2 Å². The van der Waals surface area contributed by atoms with Crippen molar-refractivity contribution in [3.8, 4) is 0 Å². The van der Waals surface area contributed by atoms with E-state index in [2.05, 4.69) is 9.97 Å². The van der Waals surface area contributed by atoms with E-state index in [0.717, 1.165) is 36.7 Å². The number of ketones is 1. The zero-order chi connectivity index (χ0) is 14.4. The first-order valence-electron chi connectivity index (χ1n) is 7.37. The number of fused-ring (bicyclic) bond motifs is 3. The highest BCUT2D eigenvalue weighted by molar-refractivity contribution is 7.86. The van der Waals surface area contributed by atoms with E-state index in [9.17, 15) is 9.00 Å². The summed E-state index contributed by atoms with van der Waals surface area (Å²) < 4.78 is 12.0. The van der Waals surface area contributed by atoms with Crippen molar-refractivity contribution < 1.29 is 9.00 Å². The standard InChI is InChI=1S/C16H16N2O2S/c19-16(11-7-12-2-3-13(8-11)21(12)20)10-1-4-14-15(9-10)18-6-5-17-14/h1,4-6,9,11-13H,2-3,7-8H2. The molecular weight excluding hydrogens is 284 g/mol. The normalized spacial score (nSPS) is 31.4. The summed E-state index contributed by atoms with van der Waals surface area (Å²) in [5, 5.41) is 0.468. The number of hydrogen-bond donors (Lipinski definition) is 0. The lowest BCUT2D eigenvalue weighted by Gasteiger charge is -2.26. The molecule has 2 atom stereocenters. The zero-order valence-corrected chi connectivity index (χ0v) is 12.4. The van der Waals surface area contributed by atoms with Crippen molar-refractivity contribution in [2.45, 2.75) is 36.2 Å². The molecule has 0 N–H and O–H groups in total. The molecular formula is C16H16N2O2S. The fraction of sp³-hybridized carbons (Fsp3) is 0.438. The molecule has 2 aliphatic rings. The van der Waals surface area contributed by atoms with Crippen LogP contribution in [0.25, 0.3) is 11.0 Å². The second kappa shape index (κ2) is 4.98. The fourth-order valence-electron chi connectivity index (χ4n) is 3.60. The summed E-state index contributed by atoms with van der Waals surface area (Å²) in [6.07, 6.45) is 6.88. The second-order valence-corrected chi connectivity index (χ2v) is 7.93. The molecule has 4 nitrogen and oxygen atoms in total. The maximum atomic E-state index is 12.7. The molecule has 2 unspecified atom stereocenters. The summed E-state index contributed by atoms with van der Waals surface area (Å²) in [6, 6.07) is 5.52. The molecule has 4 rings (SSSR count). The number of hydrogen-bond acceptors (Lipinski definition) is 4. The van der Waals surface area contributed by atoms with E-state index in [0.29, 0.717) is 5.56 Å². The van der Waals surface area contributed by atoms with Gasteiger partial charge < -0.3 is 0 Å². The Morgan fingerprint density at radius 3 is 2.43 bits per heavy atom. The molecule has 0 aliphatic carbocycles. The topological polar surface area (TPSA) is 59.9 Å². The molecule has 0 spiro atoms. The summed E-state index contributed by atoms with van der Waals surface area (Å²) in [5.74, 6) is 0.200. The van der Waals surface area contributed by atoms with Crippen LogP contribution in [0.1, 0.15) is 36.0 Å². The number of carbonyl (C=O) groups is 1. The zero-order valence-electron chi connectivity index (χ0n) is 11.6. The van der Waals surface area contributed by atoms with Crippen molar-refractivity contribution >= 4 is 27.6 Å². The predicted molar refractivity (Wildman–Crippen MR) is 81.5 cm³/mol. The van der Waals surface area contributed by atoms with Gasteiger partial charge in [0, 0.05) is 45.2 Å². The van der Waals surface area contributed by atoms with Crippen LogP contribution in [-0.4, -0.2) is 30.5 Å². The summed E-state index contributed by atoms with van der Waals surface area (Å²) in [4.78, 5) is 21.2. The average Bonchev–Trinajstić information content (AvgIpc) is 2.75. The third kappa shape index (κ3) is 2.20. The lowest BCUT2D eigenvalue weighted by Crippen LogP contribution is -2.32. The Kier molecular flexibility index (Phi) is 3.10. The SMILES string of the molecule is O=C(c1ccc2nccnc2c1)C1CC2CCC(C1)S2=O. The van der Waals surface area contributed by atoms with Crippen LogP contribution in [0.5, 0.6) is 0 Å². The van der Waals surface area contributed by atoms with E-state index in [1.165, 1.54) is 0 Å². The van der Waals surface area contributed by atoms with Crippen molar-refractivity contribution in [1.29, 1.82) is 0 Å². The van der Waals surface area contributed by atoms with Gasteiger partial charge in [-0.3, -0.25) is 19.0 Å². The van der Waals surface area contributed by atoms with Gasteiger partial charge in [0.15, 0.2) is 5.78 Å². The number of Topliss-reactive ketones (excluding diaryl/α,β-unsaturated/α-hetero) is 1. The van der Waals surface area contributed by atoms with Crippen LogP contribution < -0.4 is 0 Å². The summed E-state index contributed by atoms with van der Waals surface area (Å²) >= 11 is 0. The van der Waals surface area contributed by atoms with Gasteiger partial charge in [-0.15, -0.1) is 0 Å². The van der Waals surface area contributed by atoms with Gasteiger partial charge in [-0.2, -0.15) is 0 Å². The molecule has 0 saturated carbocycles. The van der Waals surface area contributed by atoms with Crippen molar-refractivity contribution in [2.75, 3.05) is 0 Å². The third-order valence-electron chi connectivity index (χ3n) is 4.69. The van der Waals surface area contributed by atoms with Gasteiger partial charge in [-0.25, -0.2) is 0 Å². The van der Waals surface area contributed by atoms with Crippen LogP contribution in [-0.2, 0) is 10.8 Å². The highest BCUT2D eigenvalue weighted by Crippen LogP contribution is 2.39. The molecule has 2 saturated heterocycles. The van der Waals surface area contributed by atoms with Crippen molar-refractivity contribution in [2.24, 2.45) is 5.92 Å². The Morgan fingerprint density at radius 2 is 1.71 bits per heavy atom. The summed E-state index contributed by atoms with van der Waals surface area (Å²) in [7, 11) is -0.709. The first kappa shape index (κ1) is 13.1. The Bertz CT molecular complexity index is 730. The largest absolute Gasteiger partial charge is 0.294 e. The van der Waals surface area contributed by atoms with Gasteiger partial charge in [-0.1, -0.05) is 0 Å². The minimum Gasteiger partial charge on any atom is -0.294 e. The van der Waals surface area contributed by atoms with Crippen molar-refractivity contribution in [3.63, 3.8) is 0 Å². The molecule has 1 aromatic heterocycles. The highest BCUT2D eigenvalue weighted by atomic mass is 32.2. The van der Waals surface area contributed by atoms with E-state index >= 15 is 0 Å². The Morgan fingerprint density at radius 1 is 1.05 bits per heavy atom.